The first-order valence-electron chi connectivity index (χ1n) is 7.71. The normalized spacial score (nSPS) is 10.3. The van der Waals surface area contributed by atoms with Crippen molar-refractivity contribution in [2.24, 2.45) is 0 Å². The maximum Gasteiger partial charge on any atom is 0.224 e. The molecule has 1 amide bonds. The van der Waals surface area contributed by atoms with Crippen LogP contribution >= 0.6 is 0 Å². The number of nitrogens with one attached hydrogen (secondary N) is 1. The second kappa shape index (κ2) is 8.23. The van der Waals surface area contributed by atoms with Crippen molar-refractivity contribution < 1.29 is 9.53 Å². The third-order valence-electron chi connectivity index (χ3n) is 3.45. The molecule has 0 aliphatic rings. The molecule has 0 unspecified atom stereocenters. The number of hydrogen-bond acceptors (Lipinski definition) is 2. The Morgan fingerprint density at radius 3 is 2.64 bits per heavy atom. The van der Waals surface area contributed by atoms with E-state index in [1.807, 2.05) is 49.4 Å². The molecule has 0 aliphatic heterocycles. The largest absolute Gasteiger partial charge is 0.492 e. The molecular formula is C19H23NO2. The predicted molar refractivity (Wildman–Crippen MR) is 89.2 cm³/mol. The summed E-state index contributed by atoms with van der Waals surface area (Å²) in [4.78, 5) is 11.9. The lowest BCUT2D eigenvalue weighted by atomic mass is 10.1. The van der Waals surface area contributed by atoms with Crippen molar-refractivity contribution >= 4 is 5.91 Å². The van der Waals surface area contributed by atoms with E-state index >= 15 is 0 Å². The Hall–Kier alpha value is -2.29. The Morgan fingerprint density at radius 2 is 1.86 bits per heavy atom. The van der Waals surface area contributed by atoms with Crippen LogP contribution in [-0.2, 0) is 17.6 Å². The van der Waals surface area contributed by atoms with E-state index in [1.54, 1.807) is 0 Å². The van der Waals surface area contributed by atoms with E-state index in [0.717, 1.165) is 17.7 Å². The van der Waals surface area contributed by atoms with Crippen LogP contribution in [0.3, 0.4) is 0 Å². The Balaban J connectivity index is 1.70. The predicted octanol–water partition coefficient (Wildman–Crippen LogP) is 3.30. The Kier molecular flexibility index (Phi) is 6.01. The highest BCUT2D eigenvalue weighted by atomic mass is 16.5. The molecule has 0 bridgehead atoms. The minimum absolute atomic E-state index is 0.0245. The van der Waals surface area contributed by atoms with E-state index in [4.69, 9.17) is 4.74 Å². The lowest BCUT2D eigenvalue weighted by Gasteiger charge is -2.09. The van der Waals surface area contributed by atoms with Crippen LogP contribution in [0.15, 0.2) is 48.5 Å². The highest BCUT2D eigenvalue weighted by Crippen LogP contribution is 2.13. The fraction of sp³-hybridized carbons (Fsp3) is 0.316. The number of rotatable bonds is 7. The standard InChI is InChI=1S/C19H23NO2/c1-3-16-7-5-9-18(13-16)22-11-10-20-19(21)14-17-8-4-6-15(2)12-17/h4-9,12-13H,3,10-11,14H2,1-2H3,(H,20,21). The molecule has 2 aromatic carbocycles. The van der Waals surface area contributed by atoms with Crippen LogP contribution in [0, 0.1) is 6.92 Å². The Morgan fingerprint density at radius 1 is 1.09 bits per heavy atom. The average molecular weight is 297 g/mol. The number of carbonyl (C=O) groups is 1. The molecular weight excluding hydrogens is 274 g/mol. The summed E-state index contributed by atoms with van der Waals surface area (Å²) in [6.45, 7) is 5.14. The first-order chi connectivity index (χ1) is 10.7. The van der Waals surface area contributed by atoms with Crippen molar-refractivity contribution in [1.29, 1.82) is 0 Å². The van der Waals surface area contributed by atoms with Crippen LogP contribution in [0.2, 0.25) is 0 Å². The highest BCUT2D eigenvalue weighted by molar-refractivity contribution is 5.78. The first kappa shape index (κ1) is 16.1. The zero-order valence-electron chi connectivity index (χ0n) is 13.3. The smallest absolute Gasteiger partial charge is 0.224 e. The second-order valence-electron chi connectivity index (χ2n) is 5.37. The van der Waals surface area contributed by atoms with Gasteiger partial charge in [-0.05, 0) is 36.6 Å². The van der Waals surface area contributed by atoms with Crippen molar-refractivity contribution in [3.05, 3.63) is 65.2 Å². The Labute approximate surface area is 132 Å². The molecule has 0 aliphatic carbocycles. The van der Waals surface area contributed by atoms with Gasteiger partial charge in [0.1, 0.15) is 12.4 Å². The molecule has 3 heteroatoms. The third-order valence-corrected chi connectivity index (χ3v) is 3.45. The lowest BCUT2D eigenvalue weighted by Crippen LogP contribution is -2.29. The third kappa shape index (κ3) is 5.24. The topological polar surface area (TPSA) is 38.3 Å². The van der Waals surface area contributed by atoms with Gasteiger partial charge in [0.15, 0.2) is 0 Å². The Bertz CT molecular complexity index is 622. The van der Waals surface area contributed by atoms with Crippen LogP contribution in [0.4, 0.5) is 0 Å². The van der Waals surface area contributed by atoms with Crippen LogP contribution < -0.4 is 10.1 Å². The van der Waals surface area contributed by atoms with E-state index in [0.29, 0.717) is 19.6 Å². The molecule has 0 atom stereocenters. The number of amides is 1. The van der Waals surface area contributed by atoms with E-state index in [9.17, 15) is 4.79 Å². The number of hydrogen-bond donors (Lipinski definition) is 1. The highest BCUT2D eigenvalue weighted by Gasteiger charge is 2.03. The quantitative estimate of drug-likeness (QED) is 0.796. The molecule has 1 N–H and O–H groups in total. The second-order valence-corrected chi connectivity index (χ2v) is 5.37. The van der Waals surface area contributed by atoms with E-state index in [1.165, 1.54) is 11.1 Å². The zero-order valence-corrected chi connectivity index (χ0v) is 13.3. The van der Waals surface area contributed by atoms with Gasteiger partial charge >= 0.3 is 0 Å². The molecule has 0 heterocycles. The minimum atomic E-state index is 0.0245. The summed E-state index contributed by atoms with van der Waals surface area (Å²) in [5, 5.41) is 2.89. The van der Waals surface area contributed by atoms with E-state index in [2.05, 4.69) is 18.3 Å². The molecule has 116 valence electrons. The van der Waals surface area contributed by atoms with Gasteiger partial charge < -0.3 is 10.1 Å². The molecule has 22 heavy (non-hydrogen) atoms. The summed E-state index contributed by atoms with van der Waals surface area (Å²) in [7, 11) is 0. The zero-order chi connectivity index (χ0) is 15.8. The summed E-state index contributed by atoms with van der Waals surface area (Å²) in [6.07, 6.45) is 1.40. The van der Waals surface area contributed by atoms with Crippen molar-refractivity contribution in [3.63, 3.8) is 0 Å². The SMILES string of the molecule is CCc1cccc(OCCNC(=O)Cc2cccc(C)c2)c1. The summed E-state index contributed by atoms with van der Waals surface area (Å²) in [5.74, 6) is 0.879. The molecule has 2 aromatic rings. The maximum atomic E-state index is 11.9. The summed E-state index contributed by atoms with van der Waals surface area (Å²) in [5.41, 5.74) is 3.46. The molecule has 2 rings (SSSR count). The maximum absolute atomic E-state index is 11.9. The van der Waals surface area contributed by atoms with E-state index < -0.39 is 0 Å². The van der Waals surface area contributed by atoms with Gasteiger partial charge in [0.25, 0.3) is 0 Å². The number of aryl methyl sites for hydroxylation is 2. The summed E-state index contributed by atoms with van der Waals surface area (Å²) in [6, 6.07) is 16.1. The summed E-state index contributed by atoms with van der Waals surface area (Å²) >= 11 is 0. The van der Waals surface area contributed by atoms with Gasteiger partial charge in [-0.2, -0.15) is 0 Å². The van der Waals surface area contributed by atoms with Crippen molar-refractivity contribution in [2.75, 3.05) is 13.2 Å². The van der Waals surface area contributed by atoms with Gasteiger partial charge in [-0.25, -0.2) is 0 Å². The van der Waals surface area contributed by atoms with Gasteiger partial charge in [0, 0.05) is 0 Å². The summed E-state index contributed by atoms with van der Waals surface area (Å²) < 4.78 is 5.65. The number of benzene rings is 2. The fourth-order valence-corrected chi connectivity index (χ4v) is 2.28. The van der Waals surface area contributed by atoms with Crippen LogP contribution in [-0.4, -0.2) is 19.1 Å². The molecule has 0 spiro atoms. The molecule has 0 aromatic heterocycles. The minimum Gasteiger partial charge on any atom is -0.492 e. The van der Waals surface area contributed by atoms with Gasteiger partial charge in [0.05, 0.1) is 13.0 Å². The molecule has 0 fully saturated rings. The van der Waals surface area contributed by atoms with Gasteiger partial charge in [0.2, 0.25) is 5.91 Å². The van der Waals surface area contributed by atoms with Crippen molar-refractivity contribution in [2.45, 2.75) is 26.7 Å². The molecule has 0 saturated heterocycles. The number of ether oxygens (including phenoxy) is 1. The van der Waals surface area contributed by atoms with Gasteiger partial charge in [-0.1, -0.05) is 48.9 Å². The number of carbonyl (C=O) groups excluding carboxylic acids is 1. The first-order valence-corrected chi connectivity index (χ1v) is 7.71. The average Bonchev–Trinajstić information content (AvgIpc) is 2.52. The molecule has 0 radical (unpaired) electrons. The van der Waals surface area contributed by atoms with Crippen molar-refractivity contribution in [1.82, 2.24) is 5.32 Å². The lowest BCUT2D eigenvalue weighted by molar-refractivity contribution is -0.120. The van der Waals surface area contributed by atoms with Gasteiger partial charge in [-0.15, -0.1) is 0 Å². The van der Waals surface area contributed by atoms with Crippen LogP contribution in [0.1, 0.15) is 23.6 Å². The molecule has 3 nitrogen and oxygen atoms in total. The van der Waals surface area contributed by atoms with Crippen LogP contribution in [0.25, 0.3) is 0 Å². The fourth-order valence-electron chi connectivity index (χ4n) is 2.28. The van der Waals surface area contributed by atoms with Crippen LogP contribution in [0.5, 0.6) is 5.75 Å². The monoisotopic (exact) mass is 297 g/mol. The van der Waals surface area contributed by atoms with Crippen molar-refractivity contribution in [3.8, 4) is 5.75 Å². The van der Waals surface area contributed by atoms with E-state index in [-0.39, 0.29) is 5.91 Å². The van der Waals surface area contributed by atoms with Gasteiger partial charge in [-0.3, -0.25) is 4.79 Å². The molecule has 0 saturated carbocycles.